The Hall–Kier alpha value is -4.38. The summed E-state index contributed by atoms with van der Waals surface area (Å²) in [5.41, 5.74) is 3.84. The first-order valence-electron chi connectivity index (χ1n) is 12.0. The molecule has 0 bridgehead atoms. The third-order valence-electron chi connectivity index (χ3n) is 5.98. The summed E-state index contributed by atoms with van der Waals surface area (Å²) in [7, 11) is 1.57. The molecule has 0 fully saturated rings. The number of pyridine rings is 1. The second kappa shape index (κ2) is 12.4. The van der Waals surface area contributed by atoms with E-state index >= 15 is 0 Å². The number of fused-ring (bicyclic) bond motifs is 1. The van der Waals surface area contributed by atoms with E-state index in [0.717, 1.165) is 22.2 Å². The molecule has 7 nitrogen and oxygen atoms in total. The lowest BCUT2D eigenvalue weighted by atomic mass is 10.1. The van der Waals surface area contributed by atoms with Crippen LogP contribution >= 0.6 is 23.2 Å². The van der Waals surface area contributed by atoms with E-state index < -0.39 is 5.91 Å². The summed E-state index contributed by atoms with van der Waals surface area (Å²) in [6.07, 6.45) is 2.92. The number of nitriles is 1. The van der Waals surface area contributed by atoms with Gasteiger partial charge in [-0.3, -0.25) is 9.59 Å². The van der Waals surface area contributed by atoms with Gasteiger partial charge in [-0.2, -0.15) is 5.26 Å². The van der Waals surface area contributed by atoms with Crippen molar-refractivity contribution in [2.45, 2.75) is 13.5 Å². The van der Waals surface area contributed by atoms with Crippen molar-refractivity contribution < 1.29 is 14.3 Å². The molecule has 196 valence electrons. The quantitative estimate of drug-likeness (QED) is 0.264. The number of likely N-dealkylation sites (N-methyl/N-ethyl adjacent to an activating group) is 1. The zero-order valence-corrected chi connectivity index (χ0v) is 22.8. The molecule has 4 rings (SSSR count). The molecular weight excluding hydrogens is 535 g/mol. The molecule has 1 heterocycles. The van der Waals surface area contributed by atoms with Crippen LogP contribution in [0.3, 0.4) is 0 Å². The van der Waals surface area contributed by atoms with Gasteiger partial charge in [-0.15, -0.1) is 0 Å². The van der Waals surface area contributed by atoms with E-state index in [0.29, 0.717) is 27.6 Å². The molecule has 3 aromatic carbocycles. The molecule has 0 saturated heterocycles. The maximum absolute atomic E-state index is 12.8. The fourth-order valence-corrected chi connectivity index (χ4v) is 4.38. The zero-order valence-electron chi connectivity index (χ0n) is 21.2. The molecule has 0 unspecified atom stereocenters. The summed E-state index contributed by atoms with van der Waals surface area (Å²) in [5, 5.41) is 13.1. The molecular formula is C30H24Cl2N4O3. The Morgan fingerprint density at radius 3 is 2.59 bits per heavy atom. The Balaban J connectivity index is 1.41. The van der Waals surface area contributed by atoms with Crippen molar-refractivity contribution in [2.24, 2.45) is 0 Å². The number of amides is 2. The number of aromatic nitrogens is 1. The molecule has 0 aliphatic carbocycles. The molecule has 0 radical (unpaired) electrons. The number of nitrogens with zero attached hydrogens (tertiary/aromatic N) is 3. The minimum Gasteiger partial charge on any atom is -0.487 e. The number of nitrogens with one attached hydrogen (secondary N) is 1. The fraction of sp³-hybridized carbons (Fsp3) is 0.133. The average molecular weight is 559 g/mol. The van der Waals surface area contributed by atoms with Gasteiger partial charge in [0.2, 0.25) is 11.8 Å². The van der Waals surface area contributed by atoms with Crippen LogP contribution in [0, 0.1) is 18.3 Å². The van der Waals surface area contributed by atoms with Crippen LogP contribution < -0.4 is 15.0 Å². The van der Waals surface area contributed by atoms with Crippen LogP contribution in [0.25, 0.3) is 17.0 Å². The number of carbonyl (C=O) groups is 2. The highest BCUT2D eigenvalue weighted by Gasteiger charge is 2.19. The van der Waals surface area contributed by atoms with Gasteiger partial charge in [0.25, 0.3) is 0 Å². The average Bonchev–Trinajstić information content (AvgIpc) is 2.94. The predicted molar refractivity (Wildman–Crippen MR) is 154 cm³/mol. The van der Waals surface area contributed by atoms with Gasteiger partial charge in [0.05, 0.1) is 28.9 Å². The lowest BCUT2D eigenvalue weighted by Gasteiger charge is -2.21. The van der Waals surface area contributed by atoms with Crippen LogP contribution in [0.2, 0.25) is 10.0 Å². The van der Waals surface area contributed by atoms with Crippen LogP contribution in [0.5, 0.6) is 5.75 Å². The standard InChI is InChI=1S/C30H24Cl2N4O3/c1-19-6-12-22-4-3-5-26(30(22)35-19)39-18-23-24(31)13-14-25(29(23)32)36(2)28(38)17-34-27(37)15-11-20-7-9-21(16-33)10-8-20/h3-15H,17-18H2,1-2H3,(H,34,37). The lowest BCUT2D eigenvalue weighted by molar-refractivity contribution is -0.122. The van der Waals surface area contributed by atoms with Crippen LogP contribution in [0.15, 0.2) is 72.8 Å². The highest BCUT2D eigenvalue weighted by atomic mass is 35.5. The maximum Gasteiger partial charge on any atom is 0.246 e. The first-order chi connectivity index (χ1) is 18.8. The predicted octanol–water partition coefficient (Wildman–Crippen LogP) is 6.09. The molecule has 0 aliphatic rings. The van der Waals surface area contributed by atoms with Crippen molar-refractivity contribution in [3.8, 4) is 11.8 Å². The van der Waals surface area contributed by atoms with E-state index in [1.807, 2.05) is 43.3 Å². The first kappa shape index (κ1) is 27.6. The van der Waals surface area contributed by atoms with Crippen molar-refractivity contribution in [1.29, 1.82) is 5.26 Å². The number of benzene rings is 3. The molecule has 39 heavy (non-hydrogen) atoms. The zero-order chi connectivity index (χ0) is 27.9. The van der Waals surface area contributed by atoms with Crippen molar-refractivity contribution in [3.63, 3.8) is 0 Å². The van der Waals surface area contributed by atoms with Crippen molar-refractivity contribution >= 4 is 57.7 Å². The number of carbonyl (C=O) groups excluding carboxylic acids is 2. The highest BCUT2D eigenvalue weighted by molar-refractivity contribution is 6.38. The number of ether oxygens (including phenoxy) is 1. The number of hydrogen-bond donors (Lipinski definition) is 1. The van der Waals surface area contributed by atoms with Gasteiger partial charge < -0.3 is 15.0 Å². The van der Waals surface area contributed by atoms with Gasteiger partial charge in [0.1, 0.15) is 17.9 Å². The number of para-hydroxylation sites is 1. The maximum atomic E-state index is 12.8. The number of aryl methyl sites for hydroxylation is 1. The van der Waals surface area contributed by atoms with Gasteiger partial charge in [-0.25, -0.2) is 4.98 Å². The minimum absolute atomic E-state index is 0.0686. The molecule has 0 spiro atoms. The Bertz CT molecular complexity index is 1610. The molecule has 1 N–H and O–H groups in total. The smallest absolute Gasteiger partial charge is 0.246 e. The summed E-state index contributed by atoms with van der Waals surface area (Å²) in [6.45, 7) is 1.74. The summed E-state index contributed by atoms with van der Waals surface area (Å²) in [5.74, 6) is -0.216. The van der Waals surface area contributed by atoms with Gasteiger partial charge >= 0.3 is 0 Å². The topological polar surface area (TPSA) is 95.3 Å². The molecule has 9 heteroatoms. The van der Waals surface area contributed by atoms with Crippen molar-refractivity contribution in [3.05, 3.63) is 105 Å². The van der Waals surface area contributed by atoms with Gasteiger partial charge in [-0.1, -0.05) is 53.5 Å². The molecule has 2 amide bonds. The number of anilines is 1. The van der Waals surface area contributed by atoms with Crippen LogP contribution in [-0.2, 0) is 16.2 Å². The largest absolute Gasteiger partial charge is 0.487 e. The molecule has 0 saturated carbocycles. The normalized spacial score (nSPS) is 10.8. The van der Waals surface area contributed by atoms with E-state index in [1.165, 1.54) is 11.0 Å². The lowest BCUT2D eigenvalue weighted by Crippen LogP contribution is -2.37. The third-order valence-corrected chi connectivity index (χ3v) is 6.75. The van der Waals surface area contributed by atoms with E-state index in [2.05, 4.69) is 10.3 Å². The third kappa shape index (κ3) is 6.74. The summed E-state index contributed by atoms with van der Waals surface area (Å²) in [4.78, 5) is 31.0. The van der Waals surface area contributed by atoms with Gasteiger partial charge in [0, 0.05) is 34.8 Å². The Kier molecular flexibility index (Phi) is 8.82. The summed E-state index contributed by atoms with van der Waals surface area (Å²) in [6, 6.07) is 21.7. The summed E-state index contributed by atoms with van der Waals surface area (Å²) >= 11 is 13.1. The molecule has 1 aromatic heterocycles. The van der Waals surface area contributed by atoms with Crippen LogP contribution in [0.1, 0.15) is 22.4 Å². The van der Waals surface area contributed by atoms with E-state index in [-0.39, 0.29) is 24.1 Å². The Morgan fingerprint density at radius 2 is 1.85 bits per heavy atom. The first-order valence-corrected chi connectivity index (χ1v) is 12.7. The van der Waals surface area contributed by atoms with Crippen molar-refractivity contribution in [2.75, 3.05) is 18.5 Å². The minimum atomic E-state index is -0.434. The Labute approximate surface area is 236 Å². The molecule has 0 atom stereocenters. The van der Waals surface area contributed by atoms with Crippen LogP contribution in [0.4, 0.5) is 5.69 Å². The second-order valence-electron chi connectivity index (χ2n) is 8.67. The molecule has 0 aliphatic heterocycles. The summed E-state index contributed by atoms with van der Waals surface area (Å²) < 4.78 is 6.06. The Morgan fingerprint density at radius 1 is 1.08 bits per heavy atom. The van der Waals surface area contributed by atoms with Crippen LogP contribution in [-0.4, -0.2) is 30.4 Å². The molecule has 4 aromatic rings. The number of hydrogen-bond acceptors (Lipinski definition) is 5. The van der Waals surface area contributed by atoms with E-state index in [1.54, 1.807) is 49.5 Å². The highest BCUT2D eigenvalue weighted by Crippen LogP contribution is 2.35. The SMILES string of the molecule is Cc1ccc2cccc(OCc3c(Cl)ccc(N(C)C(=O)CNC(=O)C=Cc4ccc(C#N)cc4)c3Cl)c2n1. The number of halogens is 2. The van der Waals surface area contributed by atoms with E-state index in [4.69, 9.17) is 33.2 Å². The van der Waals surface area contributed by atoms with E-state index in [9.17, 15) is 9.59 Å². The van der Waals surface area contributed by atoms with Crippen molar-refractivity contribution in [1.82, 2.24) is 10.3 Å². The second-order valence-corrected chi connectivity index (χ2v) is 9.45. The monoisotopic (exact) mass is 558 g/mol. The van der Waals surface area contributed by atoms with Gasteiger partial charge in [0.15, 0.2) is 0 Å². The number of rotatable bonds is 8. The fourth-order valence-electron chi connectivity index (χ4n) is 3.78. The van der Waals surface area contributed by atoms with Gasteiger partial charge in [-0.05, 0) is 55.0 Å².